The number of rotatable bonds is 4. The van der Waals surface area contributed by atoms with Crippen molar-refractivity contribution in [1.29, 1.82) is 0 Å². The second kappa shape index (κ2) is 5.62. The number of aryl methyl sites for hydroxylation is 1. The Hall–Kier alpha value is -0.890. The molecule has 1 aromatic carbocycles. The predicted octanol–water partition coefficient (Wildman–Crippen LogP) is 3.11. The second-order valence-corrected chi connectivity index (χ2v) is 7.50. The molecule has 0 radical (unpaired) electrons. The molecule has 1 heterocycles. The van der Waals surface area contributed by atoms with Gasteiger partial charge in [-0.1, -0.05) is 15.9 Å². The van der Waals surface area contributed by atoms with Crippen molar-refractivity contribution < 1.29 is 13.5 Å². The molecule has 0 atom stereocenters. The van der Waals surface area contributed by atoms with Gasteiger partial charge in [-0.3, -0.25) is 4.72 Å². The molecule has 19 heavy (non-hydrogen) atoms. The lowest BCUT2D eigenvalue weighted by Gasteiger charge is -2.10. The molecule has 2 aromatic rings. The fourth-order valence-corrected chi connectivity index (χ4v) is 4.53. The van der Waals surface area contributed by atoms with Crippen molar-refractivity contribution in [1.82, 2.24) is 0 Å². The van der Waals surface area contributed by atoms with Crippen molar-refractivity contribution in [2.24, 2.45) is 0 Å². The van der Waals surface area contributed by atoms with Crippen LogP contribution in [0.25, 0.3) is 0 Å². The number of nitrogens with one attached hydrogen (secondary N) is 1. The van der Waals surface area contributed by atoms with Crippen molar-refractivity contribution >= 4 is 43.0 Å². The third-order valence-corrected chi connectivity index (χ3v) is 5.55. The minimum atomic E-state index is -3.66. The van der Waals surface area contributed by atoms with Crippen LogP contribution >= 0.6 is 27.3 Å². The zero-order valence-electron chi connectivity index (χ0n) is 10.1. The highest BCUT2D eigenvalue weighted by atomic mass is 79.9. The van der Waals surface area contributed by atoms with E-state index in [4.69, 9.17) is 5.11 Å². The molecule has 0 saturated heterocycles. The zero-order chi connectivity index (χ0) is 14.0. The van der Waals surface area contributed by atoms with Crippen LogP contribution in [0.1, 0.15) is 10.4 Å². The monoisotopic (exact) mass is 361 g/mol. The molecular formula is C12H12BrNO3S2. The number of benzene rings is 1. The van der Waals surface area contributed by atoms with Gasteiger partial charge in [0, 0.05) is 4.47 Å². The minimum absolute atomic E-state index is 0.127. The average Bonchev–Trinajstić information content (AvgIpc) is 2.82. The van der Waals surface area contributed by atoms with Crippen LogP contribution in [0.2, 0.25) is 0 Å². The van der Waals surface area contributed by atoms with Crippen LogP contribution in [0.15, 0.2) is 39.0 Å². The van der Waals surface area contributed by atoms with Gasteiger partial charge in [-0.2, -0.15) is 0 Å². The van der Waals surface area contributed by atoms with Crippen LogP contribution in [0, 0.1) is 6.92 Å². The number of anilines is 1. The summed E-state index contributed by atoms with van der Waals surface area (Å²) in [7, 11) is -3.66. The molecule has 7 heteroatoms. The molecule has 0 aliphatic rings. The van der Waals surface area contributed by atoms with E-state index in [1.807, 2.05) is 13.0 Å². The first-order valence-corrected chi connectivity index (χ1v) is 8.56. The van der Waals surface area contributed by atoms with Gasteiger partial charge in [-0.05, 0) is 42.1 Å². The third-order valence-electron chi connectivity index (χ3n) is 2.57. The Morgan fingerprint density at radius 3 is 2.74 bits per heavy atom. The zero-order valence-corrected chi connectivity index (χ0v) is 13.3. The Bertz CT molecular complexity index is 695. The van der Waals surface area contributed by atoms with Crippen LogP contribution < -0.4 is 4.72 Å². The van der Waals surface area contributed by atoms with Crippen molar-refractivity contribution in [2.45, 2.75) is 18.4 Å². The lowest BCUT2D eigenvalue weighted by molar-refractivity contribution is 0.282. The highest BCUT2D eigenvalue weighted by Crippen LogP contribution is 2.26. The summed E-state index contributed by atoms with van der Waals surface area (Å²) in [6, 6.07) is 6.79. The number of hydrogen-bond acceptors (Lipinski definition) is 4. The van der Waals surface area contributed by atoms with E-state index in [-0.39, 0.29) is 11.5 Å². The van der Waals surface area contributed by atoms with E-state index >= 15 is 0 Å². The van der Waals surface area contributed by atoms with Gasteiger partial charge in [0.2, 0.25) is 0 Å². The summed E-state index contributed by atoms with van der Waals surface area (Å²) in [4.78, 5) is 0.560. The van der Waals surface area contributed by atoms with Crippen molar-refractivity contribution in [2.75, 3.05) is 4.72 Å². The summed E-state index contributed by atoms with van der Waals surface area (Å²) in [5, 5.41) is 10.8. The van der Waals surface area contributed by atoms with Crippen LogP contribution in [0.3, 0.4) is 0 Å². The lowest BCUT2D eigenvalue weighted by atomic mass is 10.2. The molecule has 2 rings (SSSR count). The number of aliphatic hydroxyl groups is 1. The number of thiophene rings is 1. The van der Waals surface area contributed by atoms with Gasteiger partial charge in [0.05, 0.1) is 17.2 Å². The minimum Gasteiger partial charge on any atom is -0.391 e. The van der Waals surface area contributed by atoms with Gasteiger partial charge >= 0.3 is 0 Å². The van der Waals surface area contributed by atoms with E-state index in [0.29, 0.717) is 10.6 Å². The van der Waals surface area contributed by atoms with Gasteiger partial charge in [-0.15, -0.1) is 11.3 Å². The normalized spacial score (nSPS) is 11.5. The van der Waals surface area contributed by atoms with E-state index in [1.165, 1.54) is 17.4 Å². The number of aliphatic hydroxyl groups excluding tert-OH is 1. The largest absolute Gasteiger partial charge is 0.391 e. The Labute approximate surface area is 124 Å². The van der Waals surface area contributed by atoms with Crippen LogP contribution in [0.5, 0.6) is 0 Å². The maximum atomic E-state index is 12.3. The van der Waals surface area contributed by atoms with Gasteiger partial charge in [-0.25, -0.2) is 8.42 Å². The SMILES string of the molecule is Cc1cc(Br)ccc1NS(=O)(=O)c1ccsc1CO. The summed E-state index contributed by atoms with van der Waals surface area (Å²) in [5.74, 6) is 0. The number of halogens is 1. The van der Waals surface area contributed by atoms with Crippen LogP contribution in [-0.2, 0) is 16.6 Å². The first kappa shape index (κ1) is 14.5. The fourth-order valence-electron chi connectivity index (χ4n) is 1.62. The molecule has 0 fully saturated rings. The number of hydrogen-bond donors (Lipinski definition) is 2. The van der Waals surface area contributed by atoms with Gasteiger partial charge in [0.1, 0.15) is 4.90 Å². The first-order chi connectivity index (χ1) is 8.94. The Kier molecular flexibility index (Phi) is 4.29. The second-order valence-electron chi connectivity index (χ2n) is 3.93. The topological polar surface area (TPSA) is 66.4 Å². The molecule has 1 aromatic heterocycles. The van der Waals surface area contributed by atoms with Crippen LogP contribution in [0.4, 0.5) is 5.69 Å². The summed E-state index contributed by atoms with van der Waals surface area (Å²) in [5.41, 5.74) is 1.34. The summed E-state index contributed by atoms with van der Waals surface area (Å²) in [6.45, 7) is 1.54. The van der Waals surface area contributed by atoms with Crippen LogP contribution in [-0.4, -0.2) is 13.5 Å². The number of sulfonamides is 1. The molecule has 2 N–H and O–H groups in total. The van der Waals surface area contributed by atoms with E-state index in [2.05, 4.69) is 20.7 Å². The molecule has 4 nitrogen and oxygen atoms in total. The van der Waals surface area contributed by atoms with E-state index in [1.54, 1.807) is 17.5 Å². The smallest absolute Gasteiger partial charge is 0.263 e. The highest BCUT2D eigenvalue weighted by Gasteiger charge is 2.20. The molecule has 0 saturated carbocycles. The molecule has 0 aliphatic heterocycles. The Balaban J connectivity index is 2.37. The molecule has 0 unspecified atom stereocenters. The van der Waals surface area contributed by atoms with Gasteiger partial charge in [0.25, 0.3) is 10.0 Å². The molecule has 0 spiro atoms. The summed E-state index contributed by atoms with van der Waals surface area (Å²) >= 11 is 4.55. The van der Waals surface area contributed by atoms with Crippen molar-refractivity contribution in [3.63, 3.8) is 0 Å². The average molecular weight is 362 g/mol. The quantitative estimate of drug-likeness (QED) is 0.878. The molecule has 0 bridgehead atoms. The third kappa shape index (κ3) is 3.17. The first-order valence-electron chi connectivity index (χ1n) is 5.40. The van der Waals surface area contributed by atoms with E-state index in [9.17, 15) is 8.42 Å². The Morgan fingerprint density at radius 2 is 2.11 bits per heavy atom. The van der Waals surface area contributed by atoms with Gasteiger partial charge < -0.3 is 5.11 Å². The maximum absolute atomic E-state index is 12.3. The highest BCUT2D eigenvalue weighted by molar-refractivity contribution is 9.10. The molecular weight excluding hydrogens is 350 g/mol. The lowest BCUT2D eigenvalue weighted by Crippen LogP contribution is -2.14. The van der Waals surface area contributed by atoms with E-state index < -0.39 is 10.0 Å². The summed E-state index contributed by atoms with van der Waals surface area (Å²) < 4.78 is 27.9. The standard InChI is InChI=1S/C12H12BrNO3S2/c1-8-6-9(13)2-3-10(8)14-19(16,17)12-4-5-18-11(12)7-15/h2-6,14-15H,7H2,1H3. The van der Waals surface area contributed by atoms with Crippen molar-refractivity contribution in [3.8, 4) is 0 Å². The van der Waals surface area contributed by atoms with E-state index in [0.717, 1.165) is 10.0 Å². The predicted molar refractivity (Wildman–Crippen MR) is 79.9 cm³/mol. The molecule has 102 valence electrons. The van der Waals surface area contributed by atoms with Gasteiger partial charge in [0.15, 0.2) is 0 Å². The molecule has 0 aliphatic carbocycles. The fraction of sp³-hybridized carbons (Fsp3) is 0.167. The summed E-state index contributed by atoms with van der Waals surface area (Å²) in [6.07, 6.45) is 0. The molecule has 0 amide bonds. The van der Waals surface area contributed by atoms with Crippen molar-refractivity contribution in [3.05, 3.63) is 44.6 Å². The Morgan fingerprint density at radius 1 is 1.37 bits per heavy atom. The maximum Gasteiger partial charge on any atom is 0.263 e.